The van der Waals surface area contributed by atoms with Crippen molar-refractivity contribution in [3.63, 3.8) is 0 Å². The Morgan fingerprint density at radius 3 is 2.63 bits per heavy atom. The van der Waals surface area contributed by atoms with E-state index in [0.717, 1.165) is 42.6 Å². The third-order valence-electron chi connectivity index (χ3n) is 6.03. The number of nitrogens with one attached hydrogen (secondary N) is 1. The Bertz CT molecular complexity index is 1280. The lowest BCUT2D eigenvalue weighted by Crippen LogP contribution is -2.37. The van der Waals surface area contributed by atoms with Crippen molar-refractivity contribution < 1.29 is 14.3 Å². The van der Waals surface area contributed by atoms with Crippen LogP contribution in [0.3, 0.4) is 0 Å². The fourth-order valence-electron chi connectivity index (χ4n) is 4.26. The maximum atomic E-state index is 13.6. The molecule has 0 atom stereocenters. The first-order valence-corrected chi connectivity index (χ1v) is 13.9. The highest BCUT2D eigenvalue weighted by molar-refractivity contribution is 7.99. The lowest BCUT2D eigenvalue weighted by atomic mass is 9.95. The normalized spacial score (nSPS) is 14.3. The van der Waals surface area contributed by atoms with Crippen molar-refractivity contribution in [2.45, 2.75) is 63.7 Å². The second-order valence-corrected chi connectivity index (χ2v) is 10.9. The molecule has 1 fully saturated rings. The van der Waals surface area contributed by atoms with Gasteiger partial charge in [0.25, 0.3) is 5.56 Å². The molecular weight excluding hydrogens is 506 g/mol. The Kier molecular flexibility index (Phi) is 8.51. The summed E-state index contributed by atoms with van der Waals surface area (Å²) in [7, 11) is 0. The van der Waals surface area contributed by atoms with Crippen LogP contribution in [0.2, 0.25) is 5.02 Å². The van der Waals surface area contributed by atoms with Crippen LogP contribution in [-0.4, -0.2) is 39.8 Å². The minimum Gasteiger partial charge on any atom is -0.462 e. The highest BCUT2D eigenvalue weighted by atomic mass is 35.5. The molecule has 1 aromatic carbocycles. The number of carbonyl (C=O) groups excluding carboxylic acids is 2. The predicted molar refractivity (Wildman–Crippen MR) is 141 cm³/mol. The average Bonchev–Trinajstić information content (AvgIpc) is 3.18. The molecule has 0 unspecified atom stereocenters. The maximum absolute atomic E-state index is 13.6. The molecule has 10 heteroatoms. The zero-order valence-electron chi connectivity index (χ0n) is 19.8. The van der Waals surface area contributed by atoms with Crippen LogP contribution >= 0.6 is 34.7 Å². The zero-order valence-corrected chi connectivity index (χ0v) is 22.2. The number of hydrogen-bond donors (Lipinski definition) is 1. The fraction of sp³-hybridized carbons (Fsp3) is 0.440. The molecule has 7 nitrogen and oxygen atoms in total. The first-order valence-electron chi connectivity index (χ1n) is 11.7. The molecule has 0 saturated heterocycles. The largest absolute Gasteiger partial charge is 0.462 e. The number of aryl methyl sites for hydroxylation is 1. The van der Waals surface area contributed by atoms with Gasteiger partial charge in [0, 0.05) is 11.1 Å². The van der Waals surface area contributed by atoms with Crippen LogP contribution < -0.4 is 10.9 Å². The minimum atomic E-state index is -0.460. The molecule has 0 radical (unpaired) electrons. The first-order chi connectivity index (χ1) is 16.9. The molecule has 35 heavy (non-hydrogen) atoms. The number of aromatic nitrogens is 2. The number of carbonyl (C=O) groups is 2. The fourth-order valence-corrected chi connectivity index (χ4v) is 6.31. The van der Waals surface area contributed by atoms with Crippen molar-refractivity contribution in [2.75, 3.05) is 12.4 Å². The molecule has 2 aromatic heterocycles. The number of fused-ring (bicyclic) bond motifs is 1. The second-order valence-electron chi connectivity index (χ2n) is 8.56. The average molecular weight is 534 g/mol. The van der Waals surface area contributed by atoms with E-state index in [1.807, 2.05) is 12.1 Å². The summed E-state index contributed by atoms with van der Waals surface area (Å²) in [6.07, 6.45) is 5.50. The third kappa shape index (κ3) is 6.08. The van der Waals surface area contributed by atoms with Gasteiger partial charge in [-0.05, 0) is 49.9 Å². The Hall–Kier alpha value is -2.36. The second kappa shape index (κ2) is 11.6. The summed E-state index contributed by atoms with van der Waals surface area (Å²) in [6.45, 7) is 4.00. The summed E-state index contributed by atoms with van der Waals surface area (Å²) < 4.78 is 6.73. The topological polar surface area (TPSA) is 90.3 Å². The molecule has 1 amide bonds. The van der Waals surface area contributed by atoms with Crippen LogP contribution in [0.15, 0.2) is 34.2 Å². The van der Waals surface area contributed by atoms with Crippen molar-refractivity contribution in [1.82, 2.24) is 14.9 Å². The van der Waals surface area contributed by atoms with Crippen molar-refractivity contribution in [1.29, 1.82) is 0 Å². The summed E-state index contributed by atoms with van der Waals surface area (Å²) >= 11 is 8.41. The number of thiophene rings is 1. The molecule has 4 rings (SSSR count). The SMILES string of the molecule is CCOC(=O)c1sc2nc(SCC(=O)NC3CCCCC3)n(Cc3ccc(Cl)cc3)c(=O)c2c1C. The van der Waals surface area contributed by atoms with E-state index in [1.54, 1.807) is 30.5 Å². The van der Waals surface area contributed by atoms with Crippen molar-refractivity contribution in [2.24, 2.45) is 0 Å². The lowest BCUT2D eigenvalue weighted by molar-refractivity contribution is -0.119. The monoisotopic (exact) mass is 533 g/mol. The molecular formula is C25H28ClN3O4S2. The van der Waals surface area contributed by atoms with Crippen LogP contribution in [0.5, 0.6) is 0 Å². The Morgan fingerprint density at radius 2 is 1.94 bits per heavy atom. The van der Waals surface area contributed by atoms with Crippen LogP contribution in [0.25, 0.3) is 10.2 Å². The van der Waals surface area contributed by atoms with Crippen LogP contribution in [0, 0.1) is 6.92 Å². The van der Waals surface area contributed by atoms with Gasteiger partial charge in [-0.1, -0.05) is 54.8 Å². The smallest absolute Gasteiger partial charge is 0.348 e. The van der Waals surface area contributed by atoms with Gasteiger partial charge in [0.05, 0.1) is 24.3 Å². The number of hydrogen-bond acceptors (Lipinski definition) is 7. The van der Waals surface area contributed by atoms with Crippen molar-refractivity contribution in [3.8, 4) is 0 Å². The van der Waals surface area contributed by atoms with Crippen LogP contribution in [-0.2, 0) is 16.1 Å². The van der Waals surface area contributed by atoms with Crippen LogP contribution in [0.1, 0.15) is 59.8 Å². The standard InChI is InChI=1S/C25H28ClN3O4S2/c1-3-33-24(32)21-15(2)20-22(35-21)28-25(34-14-19(30)27-18-7-5-4-6-8-18)29(23(20)31)13-16-9-11-17(26)12-10-16/h9-12,18H,3-8,13-14H2,1-2H3,(H,27,30). The van der Waals surface area contributed by atoms with Gasteiger partial charge < -0.3 is 10.1 Å². The molecule has 0 bridgehead atoms. The highest BCUT2D eigenvalue weighted by Crippen LogP contribution is 2.30. The van der Waals surface area contributed by atoms with Gasteiger partial charge in [-0.25, -0.2) is 9.78 Å². The third-order valence-corrected chi connectivity index (χ3v) is 8.43. The summed E-state index contributed by atoms with van der Waals surface area (Å²) in [5.41, 5.74) is 1.20. The Morgan fingerprint density at radius 1 is 1.23 bits per heavy atom. The summed E-state index contributed by atoms with van der Waals surface area (Å²) in [5.74, 6) is -0.369. The predicted octanol–water partition coefficient (Wildman–Crippen LogP) is 5.19. The van der Waals surface area contributed by atoms with Gasteiger partial charge in [-0.15, -0.1) is 11.3 Å². The highest BCUT2D eigenvalue weighted by Gasteiger charge is 2.23. The van der Waals surface area contributed by atoms with E-state index in [9.17, 15) is 14.4 Å². The summed E-state index contributed by atoms with van der Waals surface area (Å²) in [5, 5.41) is 4.56. The van der Waals surface area contributed by atoms with Gasteiger partial charge in [-0.3, -0.25) is 14.2 Å². The lowest BCUT2D eigenvalue weighted by Gasteiger charge is -2.22. The number of ether oxygens (including phenoxy) is 1. The molecule has 2 heterocycles. The first kappa shape index (κ1) is 25.7. The number of benzene rings is 1. The molecule has 186 valence electrons. The van der Waals surface area contributed by atoms with E-state index in [-0.39, 0.29) is 36.4 Å². The minimum absolute atomic E-state index is 0.0659. The van der Waals surface area contributed by atoms with Crippen molar-refractivity contribution in [3.05, 3.63) is 55.6 Å². The molecule has 0 aliphatic heterocycles. The number of amides is 1. The molecule has 1 N–H and O–H groups in total. The number of rotatable bonds is 8. The van der Waals surface area contributed by atoms with E-state index < -0.39 is 5.97 Å². The van der Waals surface area contributed by atoms with Crippen molar-refractivity contribution >= 4 is 56.8 Å². The maximum Gasteiger partial charge on any atom is 0.348 e. The molecule has 3 aromatic rings. The quantitative estimate of drug-likeness (QED) is 0.243. The zero-order chi connectivity index (χ0) is 24.9. The van der Waals surface area contributed by atoms with E-state index >= 15 is 0 Å². The Balaban J connectivity index is 1.67. The number of thioether (sulfide) groups is 1. The van der Waals surface area contributed by atoms with E-state index in [4.69, 9.17) is 21.3 Å². The summed E-state index contributed by atoms with van der Waals surface area (Å²) in [4.78, 5) is 44.3. The van der Waals surface area contributed by atoms with Gasteiger partial charge in [0.2, 0.25) is 5.91 Å². The van der Waals surface area contributed by atoms with E-state index in [0.29, 0.717) is 30.8 Å². The Labute approximate surface area is 217 Å². The number of nitrogens with zero attached hydrogens (tertiary/aromatic N) is 2. The van der Waals surface area contributed by atoms with Crippen LogP contribution in [0.4, 0.5) is 0 Å². The van der Waals surface area contributed by atoms with Gasteiger partial charge >= 0.3 is 5.97 Å². The number of halogens is 1. The van der Waals surface area contributed by atoms with Gasteiger partial charge in [-0.2, -0.15) is 0 Å². The van der Waals surface area contributed by atoms with E-state index in [2.05, 4.69) is 5.32 Å². The molecule has 0 spiro atoms. The molecule has 1 aliphatic carbocycles. The molecule has 1 saturated carbocycles. The summed E-state index contributed by atoms with van der Waals surface area (Å²) in [6, 6.07) is 7.47. The molecule has 1 aliphatic rings. The number of esters is 1. The van der Waals surface area contributed by atoms with E-state index in [1.165, 1.54) is 18.2 Å². The van der Waals surface area contributed by atoms with Gasteiger partial charge in [0.15, 0.2) is 5.16 Å². The van der Waals surface area contributed by atoms with Gasteiger partial charge in [0.1, 0.15) is 9.71 Å².